The van der Waals surface area contributed by atoms with Crippen LogP contribution in [0.25, 0.3) is 21.5 Å². The molecule has 0 atom stereocenters. The molecule has 0 spiro atoms. The predicted octanol–water partition coefficient (Wildman–Crippen LogP) is 5.56. The molecule has 3 nitrogen and oxygen atoms in total. The van der Waals surface area contributed by atoms with Gasteiger partial charge in [0.1, 0.15) is 5.75 Å². The van der Waals surface area contributed by atoms with E-state index in [1.165, 1.54) is 21.7 Å². The van der Waals surface area contributed by atoms with Gasteiger partial charge in [-0.05, 0) is 58.8 Å². The van der Waals surface area contributed by atoms with Gasteiger partial charge in [0.25, 0.3) is 0 Å². The zero-order valence-electron chi connectivity index (χ0n) is 16.1. The molecule has 3 heteroatoms. The summed E-state index contributed by atoms with van der Waals surface area (Å²) in [6, 6.07) is 25.3. The van der Waals surface area contributed by atoms with Crippen molar-refractivity contribution in [1.82, 2.24) is 0 Å². The van der Waals surface area contributed by atoms with Crippen LogP contribution in [0.3, 0.4) is 0 Å². The largest absolute Gasteiger partial charge is 0.497 e. The first-order valence-electron chi connectivity index (χ1n) is 9.56. The Balaban J connectivity index is 1.84. The Morgan fingerprint density at radius 1 is 0.786 bits per heavy atom. The van der Waals surface area contributed by atoms with Crippen molar-refractivity contribution in [1.29, 1.82) is 0 Å². The van der Waals surface area contributed by atoms with Crippen molar-refractivity contribution in [2.45, 2.75) is 12.7 Å². The maximum Gasteiger partial charge on any atom is 0.223 e. The Bertz CT molecular complexity index is 1160. The fraction of sp³-hybridized carbons (Fsp3) is 0.200. The quantitative estimate of drug-likeness (QED) is 0.442. The van der Waals surface area contributed by atoms with Gasteiger partial charge in [-0.15, -0.1) is 0 Å². The second-order valence-corrected chi connectivity index (χ2v) is 7.24. The summed E-state index contributed by atoms with van der Waals surface area (Å²) in [6.07, 6.45) is 0. The summed E-state index contributed by atoms with van der Waals surface area (Å²) < 4.78 is 18.0. The SMILES string of the molecule is COc1ccc(C2(c3cc4ccccc4c4ccc(C)cc34)OCCO2)cc1. The monoisotopic (exact) mass is 370 g/mol. The molecule has 4 aromatic carbocycles. The number of methoxy groups -OCH3 is 1. The van der Waals surface area contributed by atoms with Gasteiger partial charge in [0.2, 0.25) is 5.79 Å². The summed E-state index contributed by atoms with van der Waals surface area (Å²) in [4.78, 5) is 0. The highest BCUT2D eigenvalue weighted by Gasteiger charge is 2.42. The third kappa shape index (κ3) is 2.59. The van der Waals surface area contributed by atoms with Gasteiger partial charge in [-0.2, -0.15) is 0 Å². The molecule has 4 aromatic rings. The van der Waals surface area contributed by atoms with E-state index < -0.39 is 5.79 Å². The standard InChI is InChI=1S/C25H22O3/c1-17-7-12-22-21-6-4-3-5-18(21)16-24(23(22)15-17)25(27-13-14-28-25)19-8-10-20(26-2)11-9-19/h3-12,15-16H,13-14H2,1-2H3. The van der Waals surface area contributed by atoms with Crippen molar-refractivity contribution in [2.24, 2.45) is 0 Å². The molecule has 1 fully saturated rings. The second kappa shape index (κ2) is 6.62. The zero-order valence-corrected chi connectivity index (χ0v) is 16.1. The third-order valence-corrected chi connectivity index (χ3v) is 5.53. The molecule has 0 bridgehead atoms. The molecule has 28 heavy (non-hydrogen) atoms. The molecule has 0 N–H and O–H groups in total. The smallest absolute Gasteiger partial charge is 0.223 e. The van der Waals surface area contributed by atoms with E-state index in [1.807, 2.05) is 24.3 Å². The summed E-state index contributed by atoms with van der Waals surface area (Å²) in [5.74, 6) is -0.0985. The van der Waals surface area contributed by atoms with Gasteiger partial charge < -0.3 is 14.2 Å². The summed E-state index contributed by atoms with van der Waals surface area (Å²) in [5, 5.41) is 4.80. The number of hydrogen-bond acceptors (Lipinski definition) is 3. The van der Waals surface area contributed by atoms with Crippen LogP contribution in [0.15, 0.2) is 72.8 Å². The number of ether oxygens (including phenoxy) is 3. The van der Waals surface area contributed by atoms with E-state index in [4.69, 9.17) is 14.2 Å². The summed E-state index contributed by atoms with van der Waals surface area (Å²) in [5.41, 5.74) is 3.24. The number of benzene rings is 4. The number of rotatable bonds is 3. The van der Waals surface area contributed by atoms with Gasteiger partial charge in [0.05, 0.1) is 20.3 Å². The molecule has 1 aliphatic heterocycles. The van der Waals surface area contributed by atoms with E-state index in [-0.39, 0.29) is 0 Å². The molecule has 5 rings (SSSR count). The van der Waals surface area contributed by atoms with Gasteiger partial charge in [0, 0.05) is 11.1 Å². The average molecular weight is 370 g/mol. The summed E-state index contributed by atoms with van der Waals surface area (Å²) >= 11 is 0. The molecule has 1 aliphatic rings. The summed E-state index contributed by atoms with van der Waals surface area (Å²) in [7, 11) is 1.67. The van der Waals surface area contributed by atoms with E-state index in [9.17, 15) is 0 Å². The summed E-state index contributed by atoms with van der Waals surface area (Å²) in [6.45, 7) is 3.24. The molecule has 1 heterocycles. The van der Waals surface area contributed by atoms with Crippen molar-refractivity contribution in [3.8, 4) is 5.75 Å². The normalized spacial score (nSPS) is 15.9. The molecular formula is C25H22O3. The first kappa shape index (κ1) is 17.2. The Morgan fingerprint density at radius 2 is 1.54 bits per heavy atom. The van der Waals surface area contributed by atoms with Crippen LogP contribution in [0.4, 0.5) is 0 Å². The molecule has 0 unspecified atom stereocenters. The van der Waals surface area contributed by atoms with Crippen LogP contribution in [0.5, 0.6) is 5.75 Å². The lowest BCUT2D eigenvalue weighted by molar-refractivity contribution is -0.128. The van der Waals surface area contributed by atoms with Crippen LogP contribution >= 0.6 is 0 Å². The highest BCUT2D eigenvalue weighted by Crippen LogP contribution is 2.44. The minimum Gasteiger partial charge on any atom is -0.497 e. The van der Waals surface area contributed by atoms with E-state index in [0.29, 0.717) is 13.2 Å². The molecule has 0 aliphatic carbocycles. The fourth-order valence-corrected chi connectivity index (χ4v) is 4.19. The van der Waals surface area contributed by atoms with Crippen LogP contribution in [0.2, 0.25) is 0 Å². The maximum absolute atomic E-state index is 6.32. The van der Waals surface area contributed by atoms with Crippen molar-refractivity contribution in [3.63, 3.8) is 0 Å². The minimum absolute atomic E-state index is 0.562. The maximum atomic E-state index is 6.32. The van der Waals surface area contributed by atoms with Gasteiger partial charge in [0.15, 0.2) is 0 Å². The van der Waals surface area contributed by atoms with Crippen LogP contribution in [0.1, 0.15) is 16.7 Å². The Hall–Kier alpha value is -2.88. The van der Waals surface area contributed by atoms with Crippen molar-refractivity contribution < 1.29 is 14.2 Å². The van der Waals surface area contributed by atoms with Crippen molar-refractivity contribution in [3.05, 3.63) is 89.5 Å². The predicted molar refractivity (Wildman–Crippen MR) is 112 cm³/mol. The van der Waals surface area contributed by atoms with Crippen LogP contribution in [-0.2, 0) is 15.3 Å². The van der Waals surface area contributed by atoms with Gasteiger partial charge in [-0.1, -0.05) is 48.0 Å². The molecule has 0 saturated carbocycles. The molecule has 0 amide bonds. The lowest BCUT2D eigenvalue weighted by Gasteiger charge is -2.30. The van der Waals surface area contributed by atoms with Crippen molar-refractivity contribution in [2.75, 3.05) is 20.3 Å². The highest BCUT2D eigenvalue weighted by atomic mass is 16.7. The van der Waals surface area contributed by atoms with Crippen LogP contribution < -0.4 is 4.74 Å². The highest BCUT2D eigenvalue weighted by molar-refractivity contribution is 6.09. The molecule has 0 aromatic heterocycles. The Labute approximate surface area is 164 Å². The first-order chi connectivity index (χ1) is 13.7. The number of aryl methyl sites for hydroxylation is 1. The Morgan fingerprint density at radius 3 is 2.29 bits per heavy atom. The van der Waals surface area contributed by atoms with Gasteiger partial charge in [-0.3, -0.25) is 0 Å². The van der Waals surface area contributed by atoms with Crippen molar-refractivity contribution >= 4 is 21.5 Å². The van der Waals surface area contributed by atoms with Gasteiger partial charge in [-0.25, -0.2) is 0 Å². The van der Waals surface area contributed by atoms with E-state index in [1.54, 1.807) is 7.11 Å². The van der Waals surface area contributed by atoms with E-state index in [2.05, 4.69) is 55.5 Å². The topological polar surface area (TPSA) is 27.7 Å². The number of hydrogen-bond donors (Lipinski definition) is 0. The van der Waals surface area contributed by atoms with E-state index in [0.717, 1.165) is 22.3 Å². The fourth-order valence-electron chi connectivity index (χ4n) is 4.19. The zero-order chi connectivity index (χ0) is 19.1. The molecular weight excluding hydrogens is 348 g/mol. The van der Waals surface area contributed by atoms with Crippen LogP contribution in [-0.4, -0.2) is 20.3 Å². The van der Waals surface area contributed by atoms with E-state index >= 15 is 0 Å². The third-order valence-electron chi connectivity index (χ3n) is 5.53. The lowest BCUT2D eigenvalue weighted by Crippen LogP contribution is -2.29. The average Bonchev–Trinajstić information content (AvgIpc) is 3.24. The lowest BCUT2D eigenvalue weighted by atomic mass is 9.88. The number of fused-ring (bicyclic) bond motifs is 3. The molecule has 140 valence electrons. The first-order valence-corrected chi connectivity index (χ1v) is 9.56. The Kier molecular flexibility index (Phi) is 4.08. The van der Waals surface area contributed by atoms with Crippen LogP contribution in [0, 0.1) is 6.92 Å². The second-order valence-electron chi connectivity index (χ2n) is 7.24. The molecule has 0 radical (unpaired) electrons. The molecule has 1 saturated heterocycles. The van der Waals surface area contributed by atoms with Gasteiger partial charge >= 0.3 is 0 Å². The minimum atomic E-state index is -0.914.